The SMILES string of the molecule is C=CCOc1ccc(C2C(=C(O)c3ccc(F)cc3)C(=O)C(=O)N2CCCn2ccnc2)cc1OCC. The molecule has 1 amide bonds. The number of nitrogens with zero attached hydrogens (tertiary/aromatic N) is 3. The van der Waals surface area contributed by atoms with Gasteiger partial charge in [0.25, 0.3) is 11.7 Å². The molecule has 1 aliphatic rings. The van der Waals surface area contributed by atoms with Gasteiger partial charge in [0, 0.05) is 31.0 Å². The minimum atomic E-state index is -0.875. The summed E-state index contributed by atoms with van der Waals surface area (Å²) in [5.41, 5.74) is 0.736. The number of aliphatic hydroxyl groups excluding tert-OH is 1. The van der Waals surface area contributed by atoms with Crippen LogP contribution in [0.5, 0.6) is 11.5 Å². The van der Waals surface area contributed by atoms with Gasteiger partial charge in [-0.2, -0.15) is 0 Å². The normalized spacial score (nSPS) is 16.7. The first-order chi connectivity index (χ1) is 17.9. The summed E-state index contributed by atoms with van der Waals surface area (Å²) in [6, 6.07) is 9.37. The molecular formula is C28H28FN3O5. The summed E-state index contributed by atoms with van der Waals surface area (Å²) >= 11 is 0. The summed E-state index contributed by atoms with van der Waals surface area (Å²) in [5.74, 6) is -1.45. The van der Waals surface area contributed by atoms with E-state index in [0.29, 0.717) is 36.6 Å². The summed E-state index contributed by atoms with van der Waals surface area (Å²) in [7, 11) is 0. The molecule has 1 aliphatic heterocycles. The summed E-state index contributed by atoms with van der Waals surface area (Å²) in [4.78, 5) is 31.9. The average molecular weight is 506 g/mol. The highest BCUT2D eigenvalue weighted by Crippen LogP contribution is 2.42. The highest BCUT2D eigenvalue weighted by atomic mass is 19.1. The van der Waals surface area contributed by atoms with Crippen molar-refractivity contribution in [2.75, 3.05) is 19.8 Å². The van der Waals surface area contributed by atoms with E-state index in [9.17, 15) is 19.1 Å². The molecule has 0 saturated carbocycles. The smallest absolute Gasteiger partial charge is 0.295 e. The van der Waals surface area contributed by atoms with Crippen LogP contribution in [0.1, 0.15) is 30.5 Å². The van der Waals surface area contributed by atoms with Crippen LogP contribution in [0.15, 0.2) is 79.4 Å². The second-order valence-corrected chi connectivity index (χ2v) is 8.39. The monoisotopic (exact) mass is 505 g/mol. The molecule has 0 radical (unpaired) electrons. The number of Topliss-reactive ketones (excluding diaryl/α,β-unsaturated/α-hetero) is 1. The van der Waals surface area contributed by atoms with Gasteiger partial charge in [-0.1, -0.05) is 18.7 Å². The molecule has 192 valence electrons. The van der Waals surface area contributed by atoms with Crippen LogP contribution in [-0.4, -0.2) is 51.0 Å². The molecule has 1 aromatic heterocycles. The van der Waals surface area contributed by atoms with Gasteiger partial charge in [-0.15, -0.1) is 0 Å². The quantitative estimate of drug-likeness (QED) is 0.179. The number of aryl methyl sites for hydroxylation is 1. The van der Waals surface area contributed by atoms with E-state index in [1.807, 2.05) is 17.7 Å². The number of hydrogen-bond acceptors (Lipinski definition) is 6. The lowest BCUT2D eigenvalue weighted by atomic mass is 9.95. The third-order valence-electron chi connectivity index (χ3n) is 5.97. The summed E-state index contributed by atoms with van der Waals surface area (Å²) in [6.07, 6.45) is 7.32. The second kappa shape index (κ2) is 11.6. The van der Waals surface area contributed by atoms with Gasteiger partial charge in [-0.05, 0) is 55.3 Å². The zero-order valence-corrected chi connectivity index (χ0v) is 20.5. The van der Waals surface area contributed by atoms with E-state index in [-0.39, 0.29) is 30.0 Å². The van der Waals surface area contributed by atoms with Crippen molar-refractivity contribution < 1.29 is 28.6 Å². The Morgan fingerprint density at radius 3 is 2.59 bits per heavy atom. The molecule has 4 rings (SSSR count). The van der Waals surface area contributed by atoms with Crippen LogP contribution in [0.25, 0.3) is 5.76 Å². The van der Waals surface area contributed by atoms with E-state index in [1.165, 1.54) is 29.2 Å². The van der Waals surface area contributed by atoms with Gasteiger partial charge in [-0.3, -0.25) is 9.59 Å². The third kappa shape index (κ3) is 5.55. The topological polar surface area (TPSA) is 93.9 Å². The number of ketones is 1. The van der Waals surface area contributed by atoms with Gasteiger partial charge in [0.1, 0.15) is 18.2 Å². The Kier molecular flexibility index (Phi) is 8.02. The van der Waals surface area contributed by atoms with Crippen molar-refractivity contribution in [3.63, 3.8) is 0 Å². The van der Waals surface area contributed by atoms with E-state index in [0.717, 1.165) is 0 Å². The van der Waals surface area contributed by atoms with Crippen LogP contribution < -0.4 is 9.47 Å². The number of halogens is 1. The molecule has 1 N–H and O–H groups in total. The highest BCUT2D eigenvalue weighted by molar-refractivity contribution is 6.46. The summed E-state index contributed by atoms with van der Waals surface area (Å²) in [6.45, 7) is 6.98. The number of amides is 1. The Bertz CT molecular complexity index is 1300. The maximum atomic E-state index is 13.5. The number of carbonyl (C=O) groups excluding carboxylic acids is 2. The number of aromatic nitrogens is 2. The van der Waals surface area contributed by atoms with Crippen molar-refractivity contribution in [2.24, 2.45) is 0 Å². The number of aliphatic hydroxyl groups is 1. The molecular weight excluding hydrogens is 477 g/mol. The molecule has 0 aliphatic carbocycles. The highest BCUT2D eigenvalue weighted by Gasteiger charge is 2.46. The van der Waals surface area contributed by atoms with Crippen LogP contribution in [-0.2, 0) is 16.1 Å². The number of imidazole rings is 1. The summed E-state index contributed by atoms with van der Waals surface area (Å²) in [5, 5.41) is 11.1. The molecule has 1 saturated heterocycles. The Labute approximate surface area is 214 Å². The minimum absolute atomic E-state index is 0.0681. The van der Waals surface area contributed by atoms with Gasteiger partial charge < -0.3 is 24.0 Å². The van der Waals surface area contributed by atoms with Crippen molar-refractivity contribution in [3.8, 4) is 11.5 Å². The first-order valence-corrected chi connectivity index (χ1v) is 11.9. The number of carbonyl (C=O) groups is 2. The van der Waals surface area contributed by atoms with Crippen molar-refractivity contribution in [1.82, 2.24) is 14.5 Å². The van der Waals surface area contributed by atoms with Gasteiger partial charge in [0.05, 0.1) is 24.5 Å². The van der Waals surface area contributed by atoms with Crippen LogP contribution in [0, 0.1) is 5.82 Å². The molecule has 0 bridgehead atoms. The molecule has 2 heterocycles. The van der Waals surface area contributed by atoms with Gasteiger partial charge in [-0.25, -0.2) is 9.37 Å². The lowest BCUT2D eigenvalue weighted by Gasteiger charge is -2.26. The Balaban J connectivity index is 1.77. The molecule has 9 heteroatoms. The standard InChI is InChI=1S/C28H28FN3O5/c1-3-16-37-22-11-8-20(17-23(22)36-4-2)25-24(26(33)19-6-9-21(29)10-7-19)27(34)28(35)32(25)14-5-13-31-15-12-30-18-31/h3,6-12,15,17-18,25,33H,1,4-5,13-14,16H2,2H3. The van der Waals surface area contributed by atoms with Crippen molar-refractivity contribution >= 4 is 17.4 Å². The van der Waals surface area contributed by atoms with Gasteiger partial charge in [0.15, 0.2) is 11.5 Å². The lowest BCUT2D eigenvalue weighted by Crippen LogP contribution is -2.31. The fraction of sp³-hybridized carbons (Fsp3) is 0.250. The van der Waals surface area contributed by atoms with Crippen molar-refractivity contribution in [3.05, 3.63) is 96.4 Å². The number of rotatable bonds is 11. The Morgan fingerprint density at radius 1 is 1.14 bits per heavy atom. The van der Waals surface area contributed by atoms with Gasteiger partial charge >= 0.3 is 0 Å². The van der Waals surface area contributed by atoms with E-state index < -0.39 is 23.5 Å². The Hall–Kier alpha value is -4.40. The van der Waals surface area contributed by atoms with Crippen molar-refractivity contribution in [2.45, 2.75) is 25.9 Å². The maximum Gasteiger partial charge on any atom is 0.295 e. The maximum absolute atomic E-state index is 13.5. The minimum Gasteiger partial charge on any atom is -0.507 e. The molecule has 3 aromatic rings. The van der Waals surface area contributed by atoms with E-state index >= 15 is 0 Å². The fourth-order valence-corrected chi connectivity index (χ4v) is 4.29. The van der Waals surface area contributed by atoms with E-state index in [4.69, 9.17) is 9.47 Å². The zero-order chi connectivity index (χ0) is 26.4. The van der Waals surface area contributed by atoms with Crippen LogP contribution in [0.2, 0.25) is 0 Å². The van der Waals surface area contributed by atoms with Crippen LogP contribution in [0.4, 0.5) is 4.39 Å². The molecule has 1 fully saturated rings. The molecule has 0 spiro atoms. The first kappa shape index (κ1) is 25.7. The lowest BCUT2D eigenvalue weighted by molar-refractivity contribution is -0.139. The predicted octanol–water partition coefficient (Wildman–Crippen LogP) is 4.50. The van der Waals surface area contributed by atoms with Crippen LogP contribution >= 0.6 is 0 Å². The fourth-order valence-electron chi connectivity index (χ4n) is 4.29. The molecule has 2 aromatic carbocycles. The molecule has 37 heavy (non-hydrogen) atoms. The first-order valence-electron chi connectivity index (χ1n) is 11.9. The largest absolute Gasteiger partial charge is 0.507 e. The third-order valence-corrected chi connectivity index (χ3v) is 5.97. The number of ether oxygens (including phenoxy) is 2. The summed E-state index contributed by atoms with van der Waals surface area (Å²) < 4.78 is 26.8. The average Bonchev–Trinajstić information content (AvgIpc) is 3.50. The molecule has 1 unspecified atom stereocenters. The second-order valence-electron chi connectivity index (χ2n) is 8.39. The van der Waals surface area contributed by atoms with E-state index in [2.05, 4.69) is 11.6 Å². The van der Waals surface area contributed by atoms with Crippen LogP contribution in [0.3, 0.4) is 0 Å². The molecule has 1 atom stereocenters. The number of benzene rings is 2. The predicted molar refractivity (Wildman–Crippen MR) is 136 cm³/mol. The number of hydrogen-bond donors (Lipinski definition) is 1. The Morgan fingerprint density at radius 2 is 1.92 bits per heavy atom. The number of likely N-dealkylation sites (tertiary alicyclic amines) is 1. The van der Waals surface area contributed by atoms with Crippen molar-refractivity contribution in [1.29, 1.82) is 0 Å². The van der Waals surface area contributed by atoms with Gasteiger partial charge in [0.2, 0.25) is 0 Å². The zero-order valence-electron chi connectivity index (χ0n) is 20.5. The molecule has 8 nitrogen and oxygen atoms in total. The van der Waals surface area contributed by atoms with E-state index in [1.54, 1.807) is 36.8 Å².